The molecule has 156 valence electrons. The predicted molar refractivity (Wildman–Crippen MR) is 111 cm³/mol. The second-order valence-electron chi connectivity index (χ2n) is 11.3. The average molecular weight is 397 g/mol. The summed E-state index contributed by atoms with van der Waals surface area (Å²) in [5, 5.41) is 3.54. The third-order valence-electron chi connectivity index (χ3n) is 9.16. The molecular formula is C25H33FN2O. The molecule has 1 N–H and O–H groups in total. The van der Waals surface area contributed by atoms with E-state index in [1.54, 1.807) is 6.07 Å². The first-order chi connectivity index (χ1) is 14.0. The second kappa shape index (κ2) is 6.46. The van der Waals surface area contributed by atoms with E-state index in [0.717, 1.165) is 37.2 Å². The van der Waals surface area contributed by atoms with E-state index in [1.807, 2.05) is 6.07 Å². The predicted octanol–water partition coefficient (Wildman–Crippen LogP) is 5.46. The maximum absolute atomic E-state index is 13.7. The van der Waals surface area contributed by atoms with Gasteiger partial charge in [-0.05, 0) is 105 Å². The number of hydrogen-bond donors (Lipinski definition) is 1. The number of nitrogens with zero attached hydrogens (tertiary/aromatic N) is 1. The summed E-state index contributed by atoms with van der Waals surface area (Å²) in [6.07, 6.45) is 10.8. The SMILES string of the molecule is CC12CC3CC(C1)C(NC(=O)N1[C@@H]4CC[C@H]1CC(c1cccc(F)c1)C4)C(C3)C2. The Morgan fingerprint density at radius 2 is 1.76 bits per heavy atom. The lowest BCUT2D eigenvalue weighted by Gasteiger charge is -2.59. The molecule has 4 saturated carbocycles. The fourth-order valence-electron chi connectivity index (χ4n) is 8.42. The number of fused-ring (bicyclic) bond motifs is 2. The highest BCUT2D eigenvalue weighted by atomic mass is 19.1. The van der Waals surface area contributed by atoms with Crippen molar-refractivity contribution in [3.63, 3.8) is 0 Å². The zero-order valence-corrected chi connectivity index (χ0v) is 17.4. The smallest absolute Gasteiger partial charge is 0.318 e. The highest BCUT2D eigenvalue weighted by Crippen LogP contribution is 2.59. The maximum Gasteiger partial charge on any atom is 0.318 e. The maximum atomic E-state index is 13.7. The lowest BCUT2D eigenvalue weighted by atomic mass is 9.48. The number of halogens is 1. The van der Waals surface area contributed by atoms with Crippen LogP contribution in [0.5, 0.6) is 0 Å². The average Bonchev–Trinajstić information content (AvgIpc) is 2.93. The standard InChI is InChI=1S/C25H33FN2O/c1-25-12-15-7-18(13-25)23(19(8-15)14-25)27-24(29)28-21-5-6-22(28)11-17(10-21)16-3-2-4-20(26)9-16/h2-4,9,15,17-19,21-23H,5-8,10-14H2,1H3,(H,27,29)/t15?,17?,18?,19?,21-,22+,23?,25?. The third-order valence-corrected chi connectivity index (χ3v) is 9.16. The number of hydrogen-bond acceptors (Lipinski definition) is 1. The molecule has 2 heterocycles. The molecule has 3 nitrogen and oxygen atoms in total. The summed E-state index contributed by atoms with van der Waals surface area (Å²) in [6, 6.07) is 8.30. The van der Waals surface area contributed by atoms with Crippen molar-refractivity contribution < 1.29 is 9.18 Å². The molecule has 1 aromatic carbocycles. The van der Waals surface area contributed by atoms with Gasteiger partial charge < -0.3 is 10.2 Å². The number of urea groups is 1. The molecular weight excluding hydrogens is 363 g/mol. The van der Waals surface area contributed by atoms with Gasteiger partial charge in [0, 0.05) is 18.1 Å². The zero-order chi connectivity index (χ0) is 19.8. The monoisotopic (exact) mass is 396 g/mol. The van der Waals surface area contributed by atoms with Crippen LogP contribution in [0, 0.1) is 29.0 Å². The molecule has 7 rings (SSSR count). The molecule has 0 radical (unpaired) electrons. The number of carbonyl (C=O) groups is 1. The van der Waals surface area contributed by atoms with Crippen molar-refractivity contribution in [3.8, 4) is 0 Å². The van der Waals surface area contributed by atoms with Crippen molar-refractivity contribution >= 4 is 6.03 Å². The number of piperidine rings is 1. The van der Waals surface area contributed by atoms with Crippen molar-refractivity contribution in [1.82, 2.24) is 10.2 Å². The first kappa shape index (κ1) is 18.2. The van der Waals surface area contributed by atoms with Gasteiger partial charge in [0.05, 0.1) is 0 Å². The summed E-state index contributed by atoms with van der Waals surface area (Å²) in [5.74, 6) is 2.53. The summed E-state index contributed by atoms with van der Waals surface area (Å²) < 4.78 is 13.7. The molecule has 0 aromatic heterocycles. The number of rotatable bonds is 2. The van der Waals surface area contributed by atoms with Crippen LogP contribution in [0.25, 0.3) is 0 Å². The van der Waals surface area contributed by atoms with Gasteiger partial charge in [0.2, 0.25) is 0 Å². The zero-order valence-electron chi connectivity index (χ0n) is 17.4. The van der Waals surface area contributed by atoms with E-state index in [-0.39, 0.29) is 11.8 Å². The molecule has 0 spiro atoms. The van der Waals surface area contributed by atoms with Gasteiger partial charge in [-0.15, -0.1) is 0 Å². The molecule has 29 heavy (non-hydrogen) atoms. The molecule has 2 amide bonds. The van der Waals surface area contributed by atoms with E-state index in [9.17, 15) is 9.18 Å². The molecule has 6 fully saturated rings. The largest absolute Gasteiger partial charge is 0.335 e. The van der Waals surface area contributed by atoms with Crippen molar-refractivity contribution in [2.45, 2.75) is 88.8 Å². The summed E-state index contributed by atoms with van der Waals surface area (Å²) in [7, 11) is 0. The van der Waals surface area contributed by atoms with Gasteiger partial charge in [-0.1, -0.05) is 19.1 Å². The summed E-state index contributed by atoms with van der Waals surface area (Å²) >= 11 is 0. The van der Waals surface area contributed by atoms with E-state index in [0.29, 0.717) is 41.3 Å². The molecule has 3 unspecified atom stereocenters. The Morgan fingerprint density at radius 3 is 2.38 bits per heavy atom. The Bertz CT molecular complexity index is 795. The van der Waals surface area contributed by atoms with Gasteiger partial charge in [0.15, 0.2) is 0 Å². The quantitative estimate of drug-likeness (QED) is 0.707. The lowest BCUT2D eigenvalue weighted by molar-refractivity contribution is -0.0646. The van der Waals surface area contributed by atoms with Crippen LogP contribution in [0.3, 0.4) is 0 Å². The number of amides is 2. The fourth-order valence-corrected chi connectivity index (χ4v) is 8.42. The van der Waals surface area contributed by atoms with E-state index < -0.39 is 0 Å². The van der Waals surface area contributed by atoms with Gasteiger partial charge in [0.25, 0.3) is 0 Å². The summed E-state index contributed by atoms with van der Waals surface area (Å²) in [6.45, 7) is 2.48. The van der Waals surface area contributed by atoms with Crippen molar-refractivity contribution in [2.75, 3.05) is 0 Å². The molecule has 4 heteroatoms. The van der Waals surface area contributed by atoms with Crippen LogP contribution in [0.1, 0.15) is 76.2 Å². The van der Waals surface area contributed by atoms with E-state index in [2.05, 4.69) is 23.2 Å². The number of nitrogens with one attached hydrogen (secondary N) is 1. The van der Waals surface area contributed by atoms with Crippen LogP contribution in [-0.2, 0) is 0 Å². The first-order valence-electron chi connectivity index (χ1n) is 11.8. The topological polar surface area (TPSA) is 32.3 Å². The van der Waals surface area contributed by atoms with Crippen LogP contribution in [0.2, 0.25) is 0 Å². The highest BCUT2D eigenvalue weighted by Gasteiger charge is 2.54. The highest BCUT2D eigenvalue weighted by molar-refractivity contribution is 5.76. The minimum Gasteiger partial charge on any atom is -0.335 e. The molecule has 6 bridgehead atoms. The Labute approximate surface area is 173 Å². The van der Waals surface area contributed by atoms with Crippen molar-refractivity contribution in [1.29, 1.82) is 0 Å². The molecule has 1 aromatic rings. The van der Waals surface area contributed by atoms with Gasteiger partial charge in [0.1, 0.15) is 5.82 Å². The minimum absolute atomic E-state index is 0.148. The van der Waals surface area contributed by atoms with E-state index >= 15 is 0 Å². The Balaban J connectivity index is 1.15. The Kier molecular flexibility index (Phi) is 4.05. The minimum atomic E-state index is -0.148. The van der Waals surface area contributed by atoms with Crippen molar-refractivity contribution in [3.05, 3.63) is 35.6 Å². The van der Waals surface area contributed by atoms with Gasteiger partial charge in [-0.3, -0.25) is 0 Å². The first-order valence-corrected chi connectivity index (χ1v) is 11.8. The Hall–Kier alpha value is -1.58. The van der Waals surface area contributed by atoms with E-state index in [1.165, 1.54) is 38.2 Å². The molecule has 2 aliphatic heterocycles. The van der Waals surface area contributed by atoms with Crippen LogP contribution in [0.15, 0.2) is 24.3 Å². The summed E-state index contributed by atoms with van der Waals surface area (Å²) in [4.78, 5) is 15.6. The molecule has 4 aliphatic carbocycles. The third kappa shape index (κ3) is 3.00. The Morgan fingerprint density at radius 1 is 1.07 bits per heavy atom. The van der Waals surface area contributed by atoms with Gasteiger partial charge in [-0.2, -0.15) is 0 Å². The molecule has 5 atom stereocenters. The van der Waals surface area contributed by atoms with Gasteiger partial charge >= 0.3 is 6.03 Å². The fraction of sp³-hybridized carbons (Fsp3) is 0.720. The lowest BCUT2D eigenvalue weighted by Crippen LogP contribution is -2.61. The van der Waals surface area contributed by atoms with Gasteiger partial charge in [-0.25, -0.2) is 9.18 Å². The molecule has 6 aliphatic rings. The summed E-state index contributed by atoms with van der Waals surface area (Å²) in [5.41, 5.74) is 1.65. The number of carbonyl (C=O) groups excluding carboxylic acids is 1. The van der Waals surface area contributed by atoms with E-state index in [4.69, 9.17) is 0 Å². The van der Waals surface area contributed by atoms with Crippen LogP contribution in [0.4, 0.5) is 9.18 Å². The van der Waals surface area contributed by atoms with Crippen LogP contribution < -0.4 is 5.32 Å². The van der Waals surface area contributed by atoms with Crippen molar-refractivity contribution in [2.24, 2.45) is 23.2 Å². The molecule has 2 saturated heterocycles. The normalized spacial score (nSPS) is 44.9. The number of benzene rings is 1. The van der Waals surface area contributed by atoms with Crippen LogP contribution >= 0.6 is 0 Å². The van der Waals surface area contributed by atoms with Crippen LogP contribution in [-0.4, -0.2) is 29.1 Å². The second-order valence-corrected chi connectivity index (χ2v) is 11.3.